The number of aryl methyl sites for hydroxylation is 3. The van der Waals surface area contributed by atoms with Gasteiger partial charge < -0.3 is 0 Å². The molecule has 0 fully saturated rings. The summed E-state index contributed by atoms with van der Waals surface area (Å²) in [7, 11) is -3.64. The Kier molecular flexibility index (Phi) is 3.43. The molecule has 100 valence electrons. The fourth-order valence-electron chi connectivity index (χ4n) is 1.97. The smallest absolute Gasteiger partial charge is 0.225 e. The lowest BCUT2D eigenvalue weighted by atomic mass is 10.1. The summed E-state index contributed by atoms with van der Waals surface area (Å²) < 4.78 is 24.5. The number of hydrogen-bond donors (Lipinski definition) is 1. The highest BCUT2D eigenvalue weighted by Crippen LogP contribution is 2.11. The lowest BCUT2D eigenvalue weighted by Crippen LogP contribution is -2.34. The van der Waals surface area contributed by atoms with E-state index in [1.165, 1.54) is 23.3 Å². The zero-order valence-electron chi connectivity index (χ0n) is 11.2. The van der Waals surface area contributed by atoms with Crippen LogP contribution in [0, 0.1) is 20.8 Å². The second-order valence-electron chi connectivity index (χ2n) is 4.69. The molecule has 0 saturated heterocycles. The Morgan fingerprint density at radius 2 is 1.58 bits per heavy atom. The molecule has 0 aliphatic carbocycles. The summed E-state index contributed by atoms with van der Waals surface area (Å²) in [6.07, 6.45) is 2.04. The van der Waals surface area contributed by atoms with Gasteiger partial charge in [0.25, 0.3) is 0 Å². The molecule has 2 rings (SSSR count). The predicted molar refractivity (Wildman–Crippen MR) is 73.6 cm³/mol. The SMILES string of the molecule is Cc1cc(C)[n+](-c2ccc(S(N)(=O)=O)cc2)cc1C. The maximum absolute atomic E-state index is 11.2. The van der Waals surface area contributed by atoms with Crippen molar-refractivity contribution in [3.8, 4) is 5.69 Å². The van der Waals surface area contributed by atoms with Crippen molar-refractivity contribution < 1.29 is 13.0 Å². The van der Waals surface area contributed by atoms with Gasteiger partial charge in [-0.25, -0.2) is 13.6 Å². The summed E-state index contributed by atoms with van der Waals surface area (Å²) in [5.41, 5.74) is 4.41. The highest BCUT2D eigenvalue weighted by Gasteiger charge is 2.14. The van der Waals surface area contributed by atoms with Crippen molar-refractivity contribution in [1.82, 2.24) is 0 Å². The molecule has 1 aromatic heterocycles. The van der Waals surface area contributed by atoms with Gasteiger partial charge in [0.05, 0.1) is 4.90 Å². The lowest BCUT2D eigenvalue weighted by molar-refractivity contribution is -0.603. The molecule has 0 amide bonds. The zero-order chi connectivity index (χ0) is 14.2. The molecule has 19 heavy (non-hydrogen) atoms. The molecule has 0 radical (unpaired) electrons. The van der Waals surface area contributed by atoms with Crippen LogP contribution in [-0.2, 0) is 10.0 Å². The number of benzene rings is 1. The molecular formula is C14H17N2O2S+. The Labute approximate surface area is 113 Å². The highest BCUT2D eigenvalue weighted by molar-refractivity contribution is 7.89. The standard InChI is InChI=1S/C14H17N2O2S/c1-10-8-12(3)16(9-11(10)2)13-4-6-14(7-5-13)19(15,17)18/h4-9H,1-3H3,(H2,15,17,18)/q+1. The minimum Gasteiger partial charge on any atom is -0.225 e. The van der Waals surface area contributed by atoms with E-state index in [9.17, 15) is 8.42 Å². The van der Waals surface area contributed by atoms with E-state index in [2.05, 4.69) is 13.0 Å². The molecule has 0 aliphatic rings. The van der Waals surface area contributed by atoms with Crippen LogP contribution in [0.5, 0.6) is 0 Å². The molecule has 0 unspecified atom stereocenters. The second kappa shape index (κ2) is 4.75. The summed E-state index contributed by atoms with van der Waals surface area (Å²) in [5, 5.41) is 5.08. The average Bonchev–Trinajstić information content (AvgIpc) is 2.33. The molecule has 0 atom stereocenters. The van der Waals surface area contributed by atoms with Crippen molar-refractivity contribution in [2.45, 2.75) is 25.7 Å². The summed E-state index contributed by atoms with van der Waals surface area (Å²) >= 11 is 0. The Balaban J connectivity index is 2.52. The molecule has 2 aromatic rings. The predicted octanol–water partition coefficient (Wildman–Crippen LogP) is 1.54. The van der Waals surface area contributed by atoms with E-state index < -0.39 is 10.0 Å². The third-order valence-corrected chi connectivity index (χ3v) is 4.12. The van der Waals surface area contributed by atoms with Gasteiger partial charge in [0.15, 0.2) is 11.9 Å². The van der Waals surface area contributed by atoms with Crippen LogP contribution < -0.4 is 9.71 Å². The minimum absolute atomic E-state index is 0.123. The number of pyridine rings is 1. The molecule has 1 heterocycles. The maximum Gasteiger partial charge on any atom is 0.238 e. The first-order valence-electron chi connectivity index (χ1n) is 5.92. The number of nitrogens with zero attached hydrogens (tertiary/aromatic N) is 1. The van der Waals surface area contributed by atoms with Gasteiger partial charge in [-0.1, -0.05) is 0 Å². The van der Waals surface area contributed by atoms with Crippen LogP contribution in [-0.4, -0.2) is 8.42 Å². The van der Waals surface area contributed by atoms with E-state index in [-0.39, 0.29) is 4.90 Å². The summed E-state index contributed by atoms with van der Waals surface area (Å²) in [4.78, 5) is 0.123. The first kappa shape index (κ1) is 13.7. The molecule has 0 saturated carbocycles. The summed E-state index contributed by atoms with van der Waals surface area (Å²) in [6, 6.07) is 8.64. The van der Waals surface area contributed by atoms with Gasteiger partial charge in [0.2, 0.25) is 15.7 Å². The fourth-order valence-corrected chi connectivity index (χ4v) is 2.48. The van der Waals surface area contributed by atoms with Crippen LogP contribution in [0.2, 0.25) is 0 Å². The minimum atomic E-state index is -3.64. The molecule has 5 heteroatoms. The number of primary sulfonamides is 1. The van der Waals surface area contributed by atoms with Crippen molar-refractivity contribution in [2.75, 3.05) is 0 Å². The monoisotopic (exact) mass is 277 g/mol. The number of aromatic nitrogens is 1. The first-order valence-corrected chi connectivity index (χ1v) is 7.46. The van der Waals surface area contributed by atoms with E-state index in [1.54, 1.807) is 12.1 Å². The molecule has 0 spiro atoms. The van der Waals surface area contributed by atoms with Gasteiger partial charge in [0, 0.05) is 30.7 Å². The normalized spacial score (nSPS) is 11.6. The van der Waals surface area contributed by atoms with Crippen LogP contribution >= 0.6 is 0 Å². The Hall–Kier alpha value is -1.72. The van der Waals surface area contributed by atoms with E-state index in [0.29, 0.717) is 0 Å². The van der Waals surface area contributed by atoms with Crippen LogP contribution in [0.25, 0.3) is 5.69 Å². The molecular weight excluding hydrogens is 260 g/mol. The first-order chi connectivity index (χ1) is 8.79. The Bertz CT molecular complexity index is 720. The lowest BCUT2D eigenvalue weighted by Gasteiger charge is -2.04. The third kappa shape index (κ3) is 2.83. The highest BCUT2D eigenvalue weighted by atomic mass is 32.2. The average molecular weight is 277 g/mol. The summed E-state index contributed by atoms with van der Waals surface area (Å²) in [5.74, 6) is 0. The third-order valence-electron chi connectivity index (χ3n) is 3.19. The van der Waals surface area contributed by atoms with Crippen LogP contribution in [0.4, 0.5) is 0 Å². The van der Waals surface area contributed by atoms with E-state index in [0.717, 1.165) is 11.4 Å². The molecule has 1 aromatic carbocycles. The zero-order valence-corrected chi connectivity index (χ0v) is 12.0. The van der Waals surface area contributed by atoms with E-state index in [4.69, 9.17) is 5.14 Å². The quantitative estimate of drug-likeness (QED) is 0.846. The largest absolute Gasteiger partial charge is 0.238 e. The number of rotatable bonds is 2. The summed E-state index contributed by atoms with van der Waals surface area (Å²) in [6.45, 7) is 6.13. The van der Waals surface area contributed by atoms with Crippen molar-refractivity contribution in [2.24, 2.45) is 5.14 Å². The number of nitrogens with two attached hydrogens (primary N) is 1. The van der Waals surface area contributed by atoms with Crippen molar-refractivity contribution in [3.63, 3.8) is 0 Å². The van der Waals surface area contributed by atoms with Gasteiger partial charge in [-0.2, -0.15) is 4.57 Å². The molecule has 4 nitrogen and oxygen atoms in total. The van der Waals surface area contributed by atoms with Crippen molar-refractivity contribution in [3.05, 3.63) is 53.3 Å². The van der Waals surface area contributed by atoms with E-state index in [1.807, 2.05) is 24.6 Å². The van der Waals surface area contributed by atoms with Gasteiger partial charge in [0.1, 0.15) is 0 Å². The van der Waals surface area contributed by atoms with Crippen molar-refractivity contribution in [1.29, 1.82) is 0 Å². The van der Waals surface area contributed by atoms with Gasteiger partial charge in [-0.15, -0.1) is 0 Å². The second-order valence-corrected chi connectivity index (χ2v) is 6.25. The topological polar surface area (TPSA) is 64.0 Å². The van der Waals surface area contributed by atoms with Crippen LogP contribution in [0.1, 0.15) is 16.8 Å². The molecule has 0 aliphatic heterocycles. The van der Waals surface area contributed by atoms with Gasteiger partial charge >= 0.3 is 0 Å². The van der Waals surface area contributed by atoms with Crippen LogP contribution in [0.15, 0.2) is 41.4 Å². The number of sulfonamides is 1. The number of hydrogen-bond acceptors (Lipinski definition) is 2. The molecule has 0 bridgehead atoms. The van der Waals surface area contributed by atoms with Gasteiger partial charge in [-0.05, 0) is 31.5 Å². The Morgan fingerprint density at radius 1 is 1.00 bits per heavy atom. The van der Waals surface area contributed by atoms with E-state index >= 15 is 0 Å². The van der Waals surface area contributed by atoms with Crippen molar-refractivity contribution >= 4 is 10.0 Å². The molecule has 2 N–H and O–H groups in total. The Morgan fingerprint density at radius 3 is 2.11 bits per heavy atom. The van der Waals surface area contributed by atoms with Crippen LogP contribution in [0.3, 0.4) is 0 Å². The van der Waals surface area contributed by atoms with Gasteiger partial charge in [-0.3, -0.25) is 0 Å². The fraction of sp³-hybridized carbons (Fsp3) is 0.214. The maximum atomic E-state index is 11.2.